The molecule has 0 bridgehead atoms. The third-order valence-electron chi connectivity index (χ3n) is 1.88. The number of thioether (sulfide) groups is 1. The van der Waals surface area contributed by atoms with E-state index >= 15 is 0 Å². The molecule has 0 spiro atoms. The number of esters is 1. The highest BCUT2D eigenvalue weighted by molar-refractivity contribution is 8.00. The molecular weight excluding hydrogens is 203 g/mol. The zero-order chi connectivity index (χ0) is 10.8. The highest BCUT2D eigenvalue weighted by Gasteiger charge is 2.18. The van der Waals surface area contributed by atoms with Crippen LogP contribution in [0.15, 0.2) is 0 Å². The number of carbonyl (C=O) groups excluding carboxylic acids is 1. The molecule has 0 aliphatic carbocycles. The Morgan fingerprint density at radius 3 is 2.71 bits per heavy atom. The Morgan fingerprint density at radius 2 is 2.21 bits per heavy atom. The Hall–Kier alpha value is -0.250. The van der Waals surface area contributed by atoms with Crippen molar-refractivity contribution in [2.75, 3.05) is 19.5 Å². The van der Waals surface area contributed by atoms with E-state index in [-0.39, 0.29) is 17.9 Å². The zero-order valence-corrected chi connectivity index (χ0v) is 9.74. The normalized spacial score (nSPS) is 12.5. The van der Waals surface area contributed by atoms with Gasteiger partial charge >= 0.3 is 5.97 Å². The van der Waals surface area contributed by atoms with Gasteiger partial charge in [-0.2, -0.15) is 0 Å². The lowest BCUT2D eigenvalue weighted by molar-refractivity contribution is -0.140. The Bertz CT molecular complexity index is 153. The summed E-state index contributed by atoms with van der Waals surface area (Å²) in [6, 6.07) is 0. The maximum absolute atomic E-state index is 11.8. The SMILES string of the molecule is CCCCC(SCCCF)C(=O)OC. The number of hydrogen-bond donors (Lipinski definition) is 0. The van der Waals surface area contributed by atoms with Crippen LogP contribution < -0.4 is 0 Å². The van der Waals surface area contributed by atoms with Gasteiger partial charge in [0.15, 0.2) is 0 Å². The number of ether oxygens (including phenoxy) is 1. The van der Waals surface area contributed by atoms with E-state index in [1.165, 1.54) is 18.9 Å². The van der Waals surface area contributed by atoms with Crippen LogP contribution in [0.2, 0.25) is 0 Å². The van der Waals surface area contributed by atoms with Crippen LogP contribution in [-0.4, -0.2) is 30.8 Å². The van der Waals surface area contributed by atoms with Gasteiger partial charge in [-0.25, -0.2) is 0 Å². The lowest BCUT2D eigenvalue weighted by Crippen LogP contribution is -2.19. The topological polar surface area (TPSA) is 26.3 Å². The van der Waals surface area contributed by atoms with Gasteiger partial charge in [-0.3, -0.25) is 9.18 Å². The second-order valence-electron chi connectivity index (χ2n) is 3.07. The quantitative estimate of drug-likeness (QED) is 0.466. The van der Waals surface area contributed by atoms with Gasteiger partial charge in [0.1, 0.15) is 5.25 Å². The van der Waals surface area contributed by atoms with E-state index in [1.54, 1.807) is 0 Å². The second-order valence-corrected chi connectivity index (χ2v) is 4.38. The minimum Gasteiger partial charge on any atom is -0.468 e. The Balaban J connectivity index is 3.78. The van der Waals surface area contributed by atoms with Crippen LogP contribution >= 0.6 is 11.8 Å². The van der Waals surface area contributed by atoms with Gasteiger partial charge < -0.3 is 4.74 Å². The molecule has 2 nitrogen and oxygen atoms in total. The molecule has 0 fully saturated rings. The lowest BCUT2D eigenvalue weighted by Gasteiger charge is -2.12. The second kappa shape index (κ2) is 9.31. The Kier molecular flexibility index (Phi) is 9.14. The maximum Gasteiger partial charge on any atom is 0.318 e. The molecule has 0 aliphatic heterocycles. The first-order valence-electron chi connectivity index (χ1n) is 5.01. The summed E-state index contributed by atoms with van der Waals surface area (Å²) in [5.74, 6) is 0.516. The van der Waals surface area contributed by atoms with Gasteiger partial charge in [0.2, 0.25) is 0 Å². The molecule has 0 radical (unpaired) electrons. The third kappa shape index (κ3) is 6.24. The zero-order valence-electron chi connectivity index (χ0n) is 8.92. The van der Waals surface area contributed by atoms with Gasteiger partial charge in [-0.05, 0) is 18.6 Å². The van der Waals surface area contributed by atoms with E-state index in [1.807, 2.05) is 0 Å². The van der Waals surface area contributed by atoms with Crippen molar-refractivity contribution in [3.8, 4) is 0 Å². The highest BCUT2D eigenvalue weighted by atomic mass is 32.2. The van der Waals surface area contributed by atoms with Gasteiger partial charge in [0, 0.05) is 0 Å². The molecule has 4 heteroatoms. The van der Waals surface area contributed by atoms with E-state index in [2.05, 4.69) is 11.7 Å². The fraction of sp³-hybridized carbons (Fsp3) is 0.900. The molecule has 14 heavy (non-hydrogen) atoms. The minimum atomic E-state index is -0.311. The first-order valence-corrected chi connectivity index (χ1v) is 6.06. The van der Waals surface area contributed by atoms with Crippen molar-refractivity contribution in [2.45, 2.75) is 37.9 Å². The smallest absolute Gasteiger partial charge is 0.318 e. The monoisotopic (exact) mass is 222 g/mol. The summed E-state index contributed by atoms with van der Waals surface area (Å²) >= 11 is 1.50. The lowest BCUT2D eigenvalue weighted by atomic mass is 10.2. The maximum atomic E-state index is 11.8. The van der Waals surface area contributed by atoms with Gasteiger partial charge in [-0.15, -0.1) is 11.8 Å². The molecule has 0 aliphatic rings. The van der Waals surface area contributed by atoms with Crippen molar-refractivity contribution in [1.82, 2.24) is 0 Å². The van der Waals surface area contributed by atoms with Gasteiger partial charge in [0.05, 0.1) is 13.8 Å². The summed E-state index contributed by atoms with van der Waals surface area (Å²) in [4.78, 5) is 11.3. The van der Waals surface area contributed by atoms with Gasteiger partial charge in [-0.1, -0.05) is 19.8 Å². The summed E-state index contributed by atoms with van der Waals surface area (Å²) in [5.41, 5.74) is 0. The predicted octanol–water partition coefficient (Wildman–Crippen LogP) is 2.81. The largest absolute Gasteiger partial charge is 0.468 e. The van der Waals surface area contributed by atoms with Crippen LogP contribution in [0.4, 0.5) is 4.39 Å². The third-order valence-corrected chi connectivity index (χ3v) is 3.24. The molecule has 0 heterocycles. The summed E-state index contributed by atoms with van der Waals surface area (Å²) in [5, 5.41) is -0.105. The molecule has 1 unspecified atom stereocenters. The number of carbonyl (C=O) groups is 1. The summed E-state index contributed by atoms with van der Waals surface area (Å²) in [6.45, 7) is 1.77. The van der Waals surface area contributed by atoms with E-state index < -0.39 is 0 Å². The minimum absolute atomic E-state index is 0.105. The fourth-order valence-electron chi connectivity index (χ4n) is 1.07. The van der Waals surface area contributed by atoms with E-state index in [0.717, 1.165) is 19.3 Å². The molecule has 84 valence electrons. The van der Waals surface area contributed by atoms with Crippen LogP contribution in [0.1, 0.15) is 32.6 Å². The van der Waals surface area contributed by atoms with E-state index in [0.29, 0.717) is 12.2 Å². The Labute approximate surface area is 89.6 Å². The van der Waals surface area contributed by atoms with Gasteiger partial charge in [0.25, 0.3) is 0 Å². The number of rotatable bonds is 8. The van der Waals surface area contributed by atoms with Crippen molar-refractivity contribution in [1.29, 1.82) is 0 Å². The summed E-state index contributed by atoms with van der Waals surface area (Å²) < 4.78 is 16.5. The van der Waals surface area contributed by atoms with Crippen LogP contribution in [0.3, 0.4) is 0 Å². The molecule has 0 N–H and O–H groups in total. The van der Waals surface area contributed by atoms with Crippen molar-refractivity contribution < 1.29 is 13.9 Å². The molecule has 0 saturated heterocycles. The van der Waals surface area contributed by atoms with Crippen molar-refractivity contribution >= 4 is 17.7 Å². The molecule has 0 saturated carbocycles. The Morgan fingerprint density at radius 1 is 1.50 bits per heavy atom. The molecule has 0 rings (SSSR count). The first kappa shape index (κ1) is 13.8. The molecular formula is C10H19FO2S. The van der Waals surface area contributed by atoms with E-state index in [9.17, 15) is 9.18 Å². The average molecular weight is 222 g/mol. The highest BCUT2D eigenvalue weighted by Crippen LogP contribution is 2.19. The standard InChI is InChI=1S/C10H19FO2S/c1-3-4-6-9(10(12)13-2)14-8-5-7-11/h9H,3-8H2,1-2H3. The number of alkyl halides is 1. The average Bonchev–Trinajstić information content (AvgIpc) is 2.22. The van der Waals surface area contributed by atoms with Crippen molar-refractivity contribution in [3.63, 3.8) is 0 Å². The summed E-state index contributed by atoms with van der Waals surface area (Å²) in [7, 11) is 1.40. The predicted molar refractivity (Wildman–Crippen MR) is 58.4 cm³/mol. The number of hydrogen-bond acceptors (Lipinski definition) is 3. The number of halogens is 1. The molecule has 0 amide bonds. The van der Waals surface area contributed by atoms with Crippen LogP contribution in [0, 0.1) is 0 Å². The molecule has 0 aromatic rings. The van der Waals surface area contributed by atoms with Crippen molar-refractivity contribution in [2.24, 2.45) is 0 Å². The molecule has 1 atom stereocenters. The van der Waals surface area contributed by atoms with Crippen LogP contribution in [0.25, 0.3) is 0 Å². The first-order chi connectivity index (χ1) is 6.76. The van der Waals surface area contributed by atoms with E-state index in [4.69, 9.17) is 0 Å². The summed E-state index contributed by atoms with van der Waals surface area (Å²) in [6.07, 6.45) is 3.43. The molecule has 0 aromatic carbocycles. The molecule has 0 aromatic heterocycles. The van der Waals surface area contributed by atoms with Crippen molar-refractivity contribution in [3.05, 3.63) is 0 Å². The van der Waals surface area contributed by atoms with Crippen LogP contribution in [-0.2, 0) is 9.53 Å². The fourth-order valence-corrected chi connectivity index (χ4v) is 2.20. The number of unbranched alkanes of at least 4 members (excludes halogenated alkanes) is 1. The van der Waals surface area contributed by atoms with Crippen LogP contribution in [0.5, 0.6) is 0 Å². The number of methoxy groups -OCH3 is 1.